The third-order valence-electron chi connectivity index (χ3n) is 3.00. The van der Waals surface area contributed by atoms with E-state index in [0.717, 1.165) is 10.5 Å². The first-order valence-electron chi connectivity index (χ1n) is 6.20. The summed E-state index contributed by atoms with van der Waals surface area (Å²) in [6.45, 7) is 1.99. The first-order valence-corrected chi connectivity index (χ1v) is 7.43. The molecule has 0 fully saturated rings. The van der Waals surface area contributed by atoms with Gasteiger partial charge in [0.2, 0.25) is 0 Å². The Balaban J connectivity index is 2.04. The van der Waals surface area contributed by atoms with Crippen LogP contribution in [0.25, 0.3) is 0 Å². The highest BCUT2D eigenvalue weighted by molar-refractivity contribution is 7.98. The summed E-state index contributed by atoms with van der Waals surface area (Å²) in [7, 11) is 0. The average molecular weight is 271 g/mol. The maximum absolute atomic E-state index is 12.1. The molecular formula is C16H17NOS. The zero-order chi connectivity index (χ0) is 13.7. The van der Waals surface area contributed by atoms with Gasteiger partial charge in [0.15, 0.2) is 0 Å². The van der Waals surface area contributed by atoms with Crippen LogP contribution in [0, 0.1) is 0 Å². The Hall–Kier alpha value is -1.74. The smallest absolute Gasteiger partial charge is 0.251 e. The lowest BCUT2D eigenvalue weighted by molar-refractivity contribution is 0.0940. The van der Waals surface area contributed by atoms with Crippen molar-refractivity contribution in [3.63, 3.8) is 0 Å². The maximum Gasteiger partial charge on any atom is 0.251 e. The fourth-order valence-corrected chi connectivity index (χ4v) is 2.26. The van der Waals surface area contributed by atoms with Gasteiger partial charge in [-0.25, -0.2) is 0 Å². The second kappa shape index (κ2) is 6.43. The van der Waals surface area contributed by atoms with Gasteiger partial charge >= 0.3 is 0 Å². The van der Waals surface area contributed by atoms with Crippen molar-refractivity contribution in [3.05, 3.63) is 65.7 Å². The van der Waals surface area contributed by atoms with E-state index in [4.69, 9.17) is 0 Å². The normalized spacial score (nSPS) is 11.9. The summed E-state index contributed by atoms with van der Waals surface area (Å²) in [5.41, 5.74) is 1.80. The van der Waals surface area contributed by atoms with Crippen LogP contribution in [-0.2, 0) is 0 Å². The van der Waals surface area contributed by atoms with E-state index in [0.29, 0.717) is 5.56 Å². The molecule has 0 unspecified atom stereocenters. The SMILES string of the molecule is CSc1ccc(C(=O)N[C@H](C)c2ccccc2)cc1. The molecule has 0 aliphatic rings. The third kappa shape index (κ3) is 3.61. The molecule has 1 atom stereocenters. The van der Waals surface area contributed by atoms with Gasteiger partial charge in [-0.1, -0.05) is 30.3 Å². The molecule has 2 aromatic rings. The third-order valence-corrected chi connectivity index (χ3v) is 3.74. The molecule has 19 heavy (non-hydrogen) atoms. The summed E-state index contributed by atoms with van der Waals surface area (Å²) in [6, 6.07) is 17.6. The first kappa shape index (κ1) is 13.7. The van der Waals surface area contributed by atoms with E-state index >= 15 is 0 Å². The maximum atomic E-state index is 12.1. The van der Waals surface area contributed by atoms with E-state index < -0.39 is 0 Å². The minimum atomic E-state index is -0.0380. The molecule has 0 aliphatic heterocycles. The molecule has 0 saturated carbocycles. The van der Waals surface area contributed by atoms with Crippen molar-refractivity contribution in [1.82, 2.24) is 5.32 Å². The summed E-state index contributed by atoms with van der Waals surface area (Å²) in [6.07, 6.45) is 2.02. The molecule has 0 aromatic heterocycles. The molecular weight excluding hydrogens is 254 g/mol. The largest absolute Gasteiger partial charge is 0.346 e. The predicted octanol–water partition coefficient (Wildman–Crippen LogP) is 3.90. The van der Waals surface area contributed by atoms with E-state index in [1.807, 2.05) is 67.8 Å². The second-order valence-corrected chi connectivity index (χ2v) is 5.21. The summed E-state index contributed by atoms with van der Waals surface area (Å²) in [4.78, 5) is 13.3. The lowest BCUT2D eigenvalue weighted by Gasteiger charge is -2.14. The zero-order valence-corrected chi connectivity index (χ0v) is 11.9. The molecule has 0 saturated heterocycles. The number of hydrogen-bond acceptors (Lipinski definition) is 2. The van der Waals surface area contributed by atoms with Gasteiger partial charge in [0.1, 0.15) is 0 Å². The highest BCUT2D eigenvalue weighted by Crippen LogP contribution is 2.16. The number of carbonyl (C=O) groups excluding carboxylic acids is 1. The predicted molar refractivity (Wildman–Crippen MR) is 80.5 cm³/mol. The van der Waals surface area contributed by atoms with Crippen LogP contribution in [-0.4, -0.2) is 12.2 Å². The number of hydrogen-bond donors (Lipinski definition) is 1. The molecule has 1 N–H and O–H groups in total. The molecule has 0 aliphatic carbocycles. The Kier molecular flexibility index (Phi) is 4.63. The van der Waals surface area contributed by atoms with Gasteiger partial charge in [0.25, 0.3) is 5.91 Å². The minimum absolute atomic E-state index is 0.00827. The summed E-state index contributed by atoms with van der Waals surface area (Å²) in [5, 5.41) is 3.00. The molecule has 0 radical (unpaired) electrons. The Morgan fingerprint density at radius 2 is 1.68 bits per heavy atom. The van der Waals surface area contributed by atoms with E-state index in [9.17, 15) is 4.79 Å². The van der Waals surface area contributed by atoms with Crippen LogP contribution < -0.4 is 5.32 Å². The zero-order valence-electron chi connectivity index (χ0n) is 11.1. The Bertz CT molecular complexity index is 536. The van der Waals surface area contributed by atoms with Crippen molar-refractivity contribution in [2.45, 2.75) is 17.9 Å². The second-order valence-electron chi connectivity index (χ2n) is 4.33. The Morgan fingerprint density at radius 3 is 2.26 bits per heavy atom. The van der Waals surface area contributed by atoms with Crippen molar-refractivity contribution < 1.29 is 4.79 Å². The molecule has 3 heteroatoms. The lowest BCUT2D eigenvalue weighted by atomic mass is 10.1. The van der Waals surface area contributed by atoms with Crippen LogP contribution in [0.1, 0.15) is 28.9 Å². The average Bonchev–Trinajstić information content (AvgIpc) is 2.48. The van der Waals surface area contributed by atoms with Crippen LogP contribution in [0.15, 0.2) is 59.5 Å². The standard InChI is InChI=1S/C16H17NOS/c1-12(13-6-4-3-5-7-13)17-16(18)14-8-10-15(19-2)11-9-14/h3-12H,1-2H3,(H,17,18)/t12-/m1/s1. The molecule has 1 amide bonds. The summed E-state index contributed by atoms with van der Waals surface area (Å²) >= 11 is 1.67. The van der Waals surface area contributed by atoms with E-state index in [1.54, 1.807) is 11.8 Å². The van der Waals surface area contributed by atoms with Crippen LogP contribution >= 0.6 is 11.8 Å². The number of carbonyl (C=O) groups is 1. The van der Waals surface area contributed by atoms with Gasteiger partial charge < -0.3 is 5.32 Å². The quantitative estimate of drug-likeness (QED) is 0.854. The van der Waals surface area contributed by atoms with Crippen molar-refractivity contribution in [2.24, 2.45) is 0 Å². The topological polar surface area (TPSA) is 29.1 Å². The summed E-state index contributed by atoms with van der Waals surface area (Å²) < 4.78 is 0. The highest BCUT2D eigenvalue weighted by atomic mass is 32.2. The van der Waals surface area contributed by atoms with Crippen molar-refractivity contribution in [3.8, 4) is 0 Å². The number of amides is 1. The van der Waals surface area contributed by atoms with Gasteiger partial charge in [-0.15, -0.1) is 11.8 Å². The number of nitrogens with one attached hydrogen (secondary N) is 1. The Morgan fingerprint density at radius 1 is 1.05 bits per heavy atom. The van der Waals surface area contributed by atoms with Crippen LogP contribution in [0.3, 0.4) is 0 Å². The fraction of sp³-hybridized carbons (Fsp3) is 0.188. The monoisotopic (exact) mass is 271 g/mol. The Labute approximate surface area is 118 Å². The van der Waals surface area contributed by atoms with Gasteiger partial charge in [0, 0.05) is 10.5 Å². The molecule has 0 spiro atoms. The number of rotatable bonds is 4. The van der Waals surface area contributed by atoms with Gasteiger partial charge in [-0.2, -0.15) is 0 Å². The van der Waals surface area contributed by atoms with Gasteiger partial charge in [-0.05, 0) is 43.0 Å². The van der Waals surface area contributed by atoms with E-state index in [1.165, 1.54) is 0 Å². The van der Waals surface area contributed by atoms with Gasteiger partial charge in [0.05, 0.1) is 6.04 Å². The number of thioether (sulfide) groups is 1. The van der Waals surface area contributed by atoms with Gasteiger partial charge in [-0.3, -0.25) is 4.79 Å². The van der Waals surface area contributed by atoms with E-state index in [2.05, 4.69) is 5.32 Å². The van der Waals surface area contributed by atoms with Crippen molar-refractivity contribution in [1.29, 1.82) is 0 Å². The molecule has 98 valence electrons. The number of benzene rings is 2. The van der Waals surface area contributed by atoms with Crippen LogP contribution in [0.2, 0.25) is 0 Å². The van der Waals surface area contributed by atoms with Crippen LogP contribution in [0.4, 0.5) is 0 Å². The van der Waals surface area contributed by atoms with Crippen molar-refractivity contribution in [2.75, 3.05) is 6.26 Å². The van der Waals surface area contributed by atoms with Crippen LogP contribution in [0.5, 0.6) is 0 Å². The fourth-order valence-electron chi connectivity index (χ4n) is 1.85. The first-order chi connectivity index (χ1) is 9.20. The highest BCUT2D eigenvalue weighted by Gasteiger charge is 2.10. The summed E-state index contributed by atoms with van der Waals surface area (Å²) in [5.74, 6) is -0.0380. The lowest BCUT2D eigenvalue weighted by Crippen LogP contribution is -2.26. The molecule has 2 aromatic carbocycles. The molecule has 2 nitrogen and oxygen atoms in total. The molecule has 0 bridgehead atoms. The van der Waals surface area contributed by atoms with E-state index in [-0.39, 0.29) is 11.9 Å². The molecule has 2 rings (SSSR count). The molecule has 0 heterocycles. The minimum Gasteiger partial charge on any atom is -0.346 e. The van der Waals surface area contributed by atoms with Crippen molar-refractivity contribution >= 4 is 17.7 Å².